The molecule has 2 aromatic carbocycles. The SMILES string of the molecule is CCC(=O)N(Cc1ccccc1)c1ccc(CC(=O)NCC2CC2)cc1. The predicted molar refractivity (Wildman–Crippen MR) is 104 cm³/mol. The van der Waals surface area contributed by atoms with Gasteiger partial charge in [-0.2, -0.15) is 0 Å². The van der Waals surface area contributed by atoms with Crippen molar-refractivity contribution in [1.29, 1.82) is 0 Å². The van der Waals surface area contributed by atoms with Crippen LogP contribution < -0.4 is 10.2 Å². The van der Waals surface area contributed by atoms with E-state index in [1.807, 2.05) is 61.5 Å². The van der Waals surface area contributed by atoms with Crippen LogP contribution in [0.4, 0.5) is 5.69 Å². The van der Waals surface area contributed by atoms with E-state index in [0.29, 0.717) is 25.3 Å². The highest BCUT2D eigenvalue weighted by atomic mass is 16.2. The maximum atomic E-state index is 12.4. The van der Waals surface area contributed by atoms with Crippen molar-refractivity contribution in [2.45, 2.75) is 39.2 Å². The summed E-state index contributed by atoms with van der Waals surface area (Å²) < 4.78 is 0. The third-order valence-electron chi connectivity index (χ3n) is 4.68. The summed E-state index contributed by atoms with van der Waals surface area (Å²) in [7, 11) is 0. The van der Waals surface area contributed by atoms with Crippen molar-refractivity contribution in [3.05, 3.63) is 65.7 Å². The predicted octanol–water partition coefficient (Wildman–Crippen LogP) is 3.70. The molecule has 136 valence electrons. The van der Waals surface area contributed by atoms with Gasteiger partial charge in [0.25, 0.3) is 0 Å². The summed E-state index contributed by atoms with van der Waals surface area (Å²) >= 11 is 0. The number of hydrogen-bond donors (Lipinski definition) is 1. The van der Waals surface area contributed by atoms with Crippen LogP contribution in [-0.2, 0) is 22.6 Å². The maximum Gasteiger partial charge on any atom is 0.227 e. The zero-order chi connectivity index (χ0) is 18.4. The van der Waals surface area contributed by atoms with Crippen molar-refractivity contribution < 1.29 is 9.59 Å². The number of nitrogens with one attached hydrogen (secondary N) is 1. The van der Waals surface area contributed by atoms with Crippen LogP contribution in [0, 0.1) is 5.92 Å². The van der Waals surface area contributed by atoms with E-state index in [2.05, 4.69) is 5.32 Å². The standard InChI is InChI=1S/C22H26N2O2/c1-2-22(26)24(16-19-6-4-3-5-7-19)20-12-10-17(11-13-20)14-21(25)23-15-18-8-9-18/h3-7,10-13,18H,2,8-9,14-16H2,1H3,(H,23,25). The van der Waals surface area contributed by atoms with Gasteiger partial charge >= 0.3 is 0 Å². The number of amides is 2. The van der Waals surface area contributed by atoms with Crippen molar-refractivity contribution in [3.8, 4) is 0 Å². The molecule has 0 saturated heterocycles. The van der Waals surface area contributed by atoms with Crippen molar-refractivity contribution in [2.24, 2.45) is 5.92 Å². The van der Waals surface area contributed by atoms with Crippen LogP contribution in [0.3, 0.4) is 0 Å². The van der Waals surface area contributed by atoms with Crippen LogP contribution in [0.15, 0.2) is 54.6 Å². The topological polar surface area (TPSA) is 49.4 Å². The lowest BCUT2D eigenvalue weighted by Gasteiger charge is -2.23. The molecule has 0 radical (unpaired) electrons. The van der Waals surface area contributed by atoms with E-state index in [1.165, 1.54) is 12.8 Å². The van der Waals surface area contributed by atoms with Gasteiger partial charge in [-0.1, -0.05) is 49.4 Å². The van der Waals surface area contributed by atoms with Gasteiger partial charge in [-0.05, 0) is 42.0 Å². The fourth-order valence-electron chi connectivity index (χ4n) is 2.90. The minimum Gasteiger partial charge on any atom is -0.356 e. The van der Waals surface area contributed by atoms with Crippen LogP contribution in [0.5, 0.6) is 0 Å². The molecule has 2 amide bonds. The molecule has 2 aromatic rings. The number of carbonyl (C=O) groups excluding carboxylic acids is 2. The first kappa shape index (κ1) is 18.2. The lowest BCUT2D eigenvalue weighted by Crippen LogP contribution is -2.29. The summed E-state index contributed by atoms with van der Waals surface area (Å²) in [5, 5.41) is 2.99. The van der Waals surface area contributed by atoms with E-state index in [9.17, 15) is 9.59 Å². The molecular formula is C22H26N2O2. The van der Waals surface area contributed by atoms with Crippen LogP contribution in [0.25, 0.3) is 0 Å². The second-order valence-electron chi connectivity index (χ2n) is 6.91. The quantitative estimate of drug-likeness (QED) is 0.789. The zero-order valence-corrected chi connectivity index (χ0v) is 15.3. The molecule has 0 unspecified atom stereocenters. The molecule has 4 heteroatoms. The summed E-state index contributed by atoms with van der Waals surface area (Å²) in [6.07, 6.45) is 3.31. The third-order valence-corrected chi connectivity index (χ3v) is 4.68. The Labute approximate surface area is 155 Å². The third kappa shape index (κ3) is 5.19. The Bertz CT molecular complexity index is 736. The summed E-state index contributed by atoms with van der Waals surface area (Å²) in [5.74, 6) is 0.840. The Morgan fingerprint density at radius 3 is 2.31 bits per heavy atom. The smallest absolute Gasteiger partial charge is 0.227 e. The Morgan fingerprint density at radius 2 is 1.69 bits per heavy atom. The molecule has 0 bridgehead atoms. The number of benzene rings is 2. The summed E-state index contributed by atoms with van der Waals surface area (Å²) in [6, 6.07) is 17.7. The lowest BCUT2D eigenvalue weighted by molar-refractivity contribution is -0.120. The number of nitrogens with zero attached hydrogens (tertiary/aromatic N) is 1. The highest BCUT2D eigenvalue weighted by Gasteiger charge is 2.21. The van der Waals surface area contributed by atoms with Crippen molar-refractivity contribution in [2.75, 3.05) is 11.4 Å². The van der Waals surface area contributed by atoms with E-state index in [0.717, 1.165) is 23.4 Å². The summed E-state index contributed by atoms with van der Waals surface area (Å²) in [6.45, 7) is 3.22. The highest BCUT2D eigenvalue weighted by molar-refractivity contribution is 5.93. The minimum atomic E-state index is 0.0652. The van der Waals surface area contributed by atoms with Gasteiger partial charge in [0, 0.05) is 18.7 Å². The van der Waals surface area contributed by atoms with Gasteiger partial charge < -0.3 is 10.2 Å². The Kier molecular flexibility index (Phi) is 6.05. The first-order valence-corrected chi connectivity index (χ1v) is 9.35. The molecule has 0 heterocycles. The van der Waals surface area contributed by atoms with Gasteiger partial charge in [-0.15, -0.1) is 0 Å². The molecule has 1 fully saturated rings. The van der Waals surface area contributed by atoms with Crippen LogP contribution >= 0.6 is 0 Å². The van der Waals surface area contributed by atoms with Gasteiger partial charge in [0.1, 0.15) is 0 Å². The Hall–Kier alpha value is -2.62. The average molecular weight is 350 g/mol. The van der Waals surface area contributed by atoms with Gasteiger partial charge in [0.2, 0.25) is 11.8 Å². The first-order chi connectivity index (χ1) is 12.7. The van der Waals surface area contributed by atoms with Crippen LogP contribution in [0.1, 0.15) is 37.3 Å². The molecule has 1 aliphatic carbocycles. The van der Waals surface area contributed by atoms with Crippen molar-refractivity contribution in [3.63, 3.8) is 0 Å². The summed E-state index contributed by atoms with van der Waals surface area (Å²) in [4.78, 5) is 26.2. The molecule has 3 rings (SSSR count). The molecule has 0 aromatic heterocycles. The lowest BCUT2D eigenvalue weighted by atomic mass is 10.1. The van der Waals surface area contributed by atoms with E-state index >= 15 is 0 Å². The van der Waals surface area contributed by atoms with Gasteiger partial charge in [-0.3, -0.25) is 9.59 Å². The second-order valence-corrected chi connectivity index (χ2v) is 6.91. The summed E-state index contributed by atoms with van der Waals surface area (Å²) in [5.41, 5.74) is 2.92. The number of hydrogen-bond acceptors (Lipinski definition) is 2. The van der Waals surface area contributed by atoms with Crippen molar-refractivity contribution >= 4 is 17.5 Å². The largest absolute Gasteiger partial charge is 0.356 e. The molecule has 1 aliphatic rings. The fourth-order valence-corrected chi connectivity index (χ4v) is 2.90. The fraction of sp³-hybridized carbons (Fsp3) is 0.364. The first-order valence-electron chi connectivity index (χ1n) is 9.35. The van der Waals surface area contributed by atoms with Crippen molar-refractivity contribution in [1.82, 2.24) is 5.32 Å². The molecule has 0 spiro atoms. The molecular weight excluding hydrogens is 324 g/mol. The normalized spacial score (nSPS) is 13.3. The van der Waals surface area contributed by atoms with Crippen LogP contribution in [-0.4, -0.2) is 18.4 Å². The monoisotopic (exact) mass is 350 g/mol. The van der Waals surface area contributed by atoms with E-state index < -0.39 is 0 Å². The average Bonchev–Trinajstić information content (AvgIpc) is 3.50. The van der Waals surface area contributed by atoms with Gasteiger partial charge in [0.05, 0.1) is 13.0 Å². The number of anilines is 1. The minimum absolute atomic E-state index is 0.0652. The number of carbonyl (C=O) groups is 2. The van der Waals surface area contributed by atoms with Gasteiger partial charge in [0.15, 0.2) is 0 Å². The Morgan fingerprint density at radius 1 is 1.00 bits per heavy atom. The highest BCUT2D eigenvalue weighted by Crippen LogP contribution is 2.27. The molecule has 0 aliphatic heterocycles. The number of rotatable bonds is 8. The van der Waals surface area contributed by atoms with Crippen LogP contribution in [0.2, 0.25) is 0 Å². The van der Waals surface area contributed by atoms with E-state index in [4.69, 9.17) is 0 Å². The molecule has 26 heavy (non-hydrogen) atoms. The molecule has 4 nitrogen and oxygen atoms in total. The van der Waals surface area contributed by atoms with E-state index in [-0.39, 0.29) is 11.8 Å². The molecule has 1 saturated carbocycles. The molecule has 1 N–H and O–H groups in total. The van der Waals surface area contributed by atoms with E-state index in [1.54, 1.807) is 4.90 Å². The molecule has 0 atom stereocenters. The zero-order valence-electron chi connectivity index (χ0n) is 15.3. The second kappa shape index (κ2) is 8.65. The van der Waals surface area contributed by atoms with Gasteiger partial charge in [-0.25, -0.2) is 0 Å². The maximum absolute atomic E-state index is 12.4. The Balaban J connectivity index is 1.64.